The average Bonchev–Trinajstić information content (AvgIpc) is 2.63. The van der Waals surface area contributed by atoms with Crippen molar-refractivity contribution in [3.05, 3.63) is 70.2 Å². The molecular weight excluding hydrogens is 338 g/mol. The normalized spacial score (nSPS) is 10.6. The molecule has 2 aromatic carbocycles. The van der Waals surface area contributed by atoms with Gasteiger partial charge in [0.2, 0.25) is 0 Å². The Labute approximate surface area is 152 Å². The summed E-state index contributed by atoms with van der Waals surface area (Å²) in [6.07, 6.45) is 3.00. The Hall–Kier alpha value is -2.66. The lowest BCUT2D eigenvalue weighted by Gasteiger charge is -2.05. The van der Waals surface area contributed by atoms with E-state index in [2.05, 4.69) is 22.8 Å². The summed E-state index contributed by atoms with van der Waals surface area (Å²) in [5, 5.41) is 6.97. The van der Waals surface area contributed by atoms with Crippen LogP contribution in [0.5, 0.6) is 0 Å². The largest absolute Gasteiger partial charge is 0.347 e. The highest BCUT2D eigenvalue weighted by molar-refractivity contribution is 6.35. The number of nitrogens with zero attached hydrogens (tertiary/aromatic N) is 1. The smallest absolute Gasteiger partial charge is 0.329 e. The van der Waals surface area contributed by atoms with Gasteiger partial charge in [0.05, 0.1) is 6.21 Å². The summed E-state index contributed by atoms with van der Waals surface area (Å²) in [5.74, 6) is -1.54. The predicted octanol–water partition coefficient (Wildman–Crippen LogP) is 2.71. The molecule has 2 rings (SSSR count). The molecule has 0 aliphatic heterocycles. The molecule has 0 radical (unpaired) electrons. The number of hydrogen-bond donors (Lipinski definition) is 2. The number of carbonyl (C=O) groups excluding carboxylic acids is 2. The third-order valence-electron chi connectivity index (χ3n) is 3.61. The van der Waals surface area contributed by atoms with Crippen molar-refractivity contribution >= 4 is 29.6 Å². The highest BCUT2D eigenvalue weighted by Gasteiger charge is 2.11. The molecule has 0 saturated carbocycles. The second-order valence-corrected chi connectivity index (χ2v) is 5.80. The zero-order valence-corrected chi connectivity index (χ0v) is 14.7. The molecule has 25 heavy (non-hydrogen) atoms. The highest BCUT2D eigenvalue weighted by atomic mass is 35.5. The molecule has 0 unspecified atom stereocenters. The maximum Gasteiger partial charge on any atom is 0.329 e. The van der Waals surface area contributed by atoms with Crippen molar-refractivity contribution in [2.75, 3.05) is 6.54 Å². The molecule has 0 aromatic heterocycles. The summed E-state index contributed by atoms with van der Waals surface area (Å²) in [5.41, 5.74) is 5.19. The zero-order valence-electron chi connectivity index (χ0n) is 14.0. The maximum absolute atomic E-state index is 11.7. The Morgan fingerprint density at radius 3 is 2.48 bits per heavy atom. The van der Waals surface area contributed by atoms with Crippen LogP contribution < -0.4 is 10.7 Å². The van der Waals surface area contributed by atoms with E-state index in [1.807, 2.05) is 42.5 Å². The molecule has 0 aliphatic carbocycles. The van der Waals surface area contributed by atoms with Gasteiger partial charge < -0.3 is 5.32 Å². The van der Waals surface area contributed by atoms with E-state index >= 15 is 0 Å². The van der Waals surface area contributed by atoms with E-state index in [1.165, 1.54) is 11.8 Å². The molecule has 0 aliphatic rings. The number of rotatable bonds is 6. The van der Waals surface area contributed by atoms with Crippen LogP contribution in [0.4, 0.5) is 0 Å². The number of halogens is 1. The number of benzene rings is 2. The molecule has 0 fully saturated rings. The standard InChI is InChI=1S/C19H20ClN3O2/c1-2-14-7-9-15(10-8-14)13-22-23-19(25)18(24)21-12-11-16-5-3-4-6-17(16)20/h3-10,13H,2,11-12H2,1H3,(H,21,24)(H,23,25)/b22-13-. The van der Waals surface area contributed by atoms with Crippen LogP contribution >= 0.6 is 11.6 Å². The first kappa shape index (κ1) is 18.7. The summed E-state index contributed by atoms with van der Waals surface area (Å²) in [4.78, 5) is 23.4. The van der Waals surface area contributed by atoms with Crippen LogP contribution in [0.1, 0.15) is 23.6 Å². The van der Waals surface area contributed by atoms with Crippen molar-refractivity contribution in [2.24, 2.45) is 5.10 Å². The van der Waals surface area contributed by atoms with E-state index in [0.717, 1.165) is 17.5 Å². The van der Waals surface area contributed by atoms with E-state index in [9.17, 15) is 9.59 Å². The molecule has 0 bridgehead atoms. The topological polar surface area (TPSA) is 70.6 Å². The lowest BCUT2D eigenvalue weighted by atomic mass is 10.1. The summed E-state index contributed by atoms with van der Waals surface area (Å²) in [7, 11) is 0. The number of hydrogen-bond acceptors (Lipinski definition) is 3. The van der Waals surface area contributed by atoms with Crippen molar-refractivity contribution < 1.29 is 9.59 Å². The van der Waals surface area contributed by atoms with Gasteiger partial charge in [0.15, 0.2) is 0 Å². The van der Waals surface area contributed by atoms with Crippen molar-refractivity contribution in [3.63, 3.8) is 0 Å². The Morgan fingerprint density at radius 2 is 1.80 bits per heavy atom. The molecule has 0 spiro atoms. The third-order valence-corrected chi connectivity index (χ3v) is 3.98. The van der Waals surface area contributed by atoms with E-state index in [1.54, 1.807) is 6.07 Å². The number of aryl methyl sites for hydroxylation is 1. The molecule has 0 saturated heterocycles. The number of hydrazone groups is 1. The summed E-state index contributed by atoms with van der Waals surface area (Å²) in [6, 6.07) is 15.2. The first-order chi connectivity index (χ1) is 12.1. The molecule has 6 heteroatoms. The zero-order chi connectivity index (χ0) is 18.1. The van der Waals surface area contributed by atoms with Crippen molar-refractivity contribution in [1.29, 1.82) is 0 Å². The van der Waals surface area contributed by atoms with Gasteiger partial charge in [-0.15, -0.1) is 0 Å². The lowest BCUT2D eigenvalue weighted by Crippen LogP contribution is -2.38. The molecule has 2 amide bonds. The fourth-order valence-electron chi connectivity index (χ4n) is 2.15. The van der Waals surface area contributed by atoms with Crippen molar-refractivity contribution in [2.45, 2.75) is 19.8 Å². The maximum atomic E-state index is 11.7. The molecule has 0 heterocycles. The van der Waals surface area contributed by atoms with E-state index in [0.29, 0.717) is 18.0 Å². The fraction of sp³-hybridized carbons (Fsp3) is 0.211. The highest BCUT2D eigenvalue weighted by Crippen LogP contribution is 2.14. The number of nitrogens with one attached hydrogen (secondary N) is 2. The van der Waals surface area contributed by atoms with Gasteiger partial charge in [0, 0.05) is 11.6 Å². The molecule has 0 atom stereocenters. The van der Waals surface area contributed by atoms with Gasteiger partial charge in [0.1, 0.15) is 0 Å². The van der Waals surface area contributed by atoms with Crippen LogP contribution in [0.15, 0.2) is 53.6 Å². The lowest BCUT2D eigenvalue weighted by molar-refractivity contribution is -0.139. The quantitative estimate of drug-likeness (QED) is 0.474. The van der Waals surface area contributed by atoms with Gasteiger partial charge in [-0.25, -0.2) is 5.43 Å². The van der Waals surface area contributed by atoms with Crippen molar-refractivity contribution in [1.82, 2.24) is 10.7 Å². The minimum atomic E-state index is -0.805. The Kier molecular flexibility index (Phi) is 7.16. The van der Waals surface area contributed by atoms with Crippen LogP contribution in [-0.4, -0.2) is 24.6 Å². The van der Waals surface area contributed by atoms with E-state index < -0.39 is 11.8 Å². The van der Waals surface area contributed by atoms with Crippen LogP contribution in [0, 0.1) is 0 Å². The SMILES string of the molecule is CCc1ccc(/C=N\NC(=O)C(=O)NCCc2ccccc2Cl)cc1. The van der Waals surface area contributed by atoms with Crippen LogP contribution in [0.3, 0.4) is 0 Å². The minimum absolute atomic E-state index is 0.318. The third kappa shape index (κ3) is 6.04. The minimum Gasteiger partial charge on any atom is -0.347 e. The van der Waals surface area contributed by atoms with Gasteiger partial charge in [-0.2, -0.15) is 5.10 Å². The predicted molar refractivity (Wildman–Crippen MR) is 99.7 cm³/mol. The van der Waals surface area contributed by atoms with Crippen LogP contribution in [0.25, 0.3) is 0 Å². The molecule has 130 valence electrons. The fourth-order valence-corrected chi connectivity index (χ4v) is 2.38. The summed E-state index contributed by atoms with van der Waals surface area (Å²) < 4.78 is 0. The number of carbonyl (C=O) groups is 2. The van der Waals surface area contributed by atoms with Crippen LogP contribution in [0.2, 0.25) is 5.02 Å². The van der Waals surface area contributed by atoms with Gasteiger partial charge in [-0.1, -0.05) is 61.0 Å². The molecule has 2 aromatic rings. The Bertz CT molecular complexity index is 758. The number of amides is 2. The van der Waals surface area contributed by atoms with E-state index in [4.69, 9.17) is 11.6 Å². The molecular formula is C19H20ClN3O2. The second kappa shape index (κ2) is 9.59. The first-order valence-electron chi connectivity index (χ1n) is 8.03. The van der Waals surface area contributed by atoms with Crippen molar-refractivity contribution in [3.8, 4) is 0 Å². The first-order valence-corrected chi connectivity index (χ1v) is 8.41. The van der Waals surface area contributed by atoms with Crippen LogP contribution in [-0.2, 0) is 22.4 Å². The van der Waals surface area contributed by atoms with Gasteiger partial charge in [0.25, 0.3) is 0 Å². The summed E-state index contributed by atoms with van der Waals surface area (Å²) in [6.45, 7) is 2.39. The monoisotopic (exact) mass is 357 g/mol. The molecule has 5 nitrogen and oxygen atoms in total. The Morgan fingerprint density at radius 1 is 1.08 bits per heavy atom. The summed E-state index contributed by atoms with van der Waals surface area (Å²) >= 11 is 6.04. The van der Waals surface area contributed by atoms with E-state index in [-0.39, 0.29) is 0 Å². The molecule has 2 N–H and O–H groups in total. The van der Waals surface area contributed by atoms with Gasteiger partial charge in [-0.05, 0) is 35.6 Å². The van der Waals surface area contributed by atoms with Gasteiger partial charge in [-0.3, -0.25) is 9.59 Å². The second-order valence-electron chi connectivity index (χ2n) is 5.39. The van der Waals surface area contributed by atoms with Gasteiger partial charge >= 0.3 is 11.8 Å². The average molecular weight is 358 g/mol. The Balaban J connectivity index is 1.75.